The van der Waals surface area contributed by atoms with Crippen molar-refractivity contribution >= 4 is 33.4 Å². The van der Waals surface area contributed by atoms with E-state index in [9.17, 15) is 9.59 Å². The lowest BCUT2D eigenvalue weighted by molar-refractivity contribution is -0.118. The van der Waals surface area contributed by atoms with Gasteiger partial charge >= 0.3 is 5.69 Å². The minimum absolute atomic E-state index is 0.133. The van der Waals surface area contributed by atoms with Gasteiger partial charge in [0.25, 0.3) is 0 Å². The van der Waals surface area contributed by atoms with Gasteiger partial charge in [-0.2, -0.15) is 0 Å². The largest absolute Gasteiger partial charge is 0.323 e. The third kappa shape index (κ3) is 3.69. The topological polar surface area (TPSA) is 69.0 Å². The SMILES string of the molecule is CCN(C(=O)CCCc1ccc2[nH]c(=O)[nH]c2c1)c1ccc2ccccc2c1. The Morgan fingerprint density at radius 2 is 1.71 bits per heavy atom. The Morgan fingerprint density at radius 1 is 0.929 bits per heavy atom. The summed E-state index contributed by atoms with van der Waals surface area (Å²) in [6.07, 6.45) is 2.05. The second-order valence-corrected chi connectivity index (χ2v) is 6.98. The molecule has 0 aliphatic rings. The summed E-state index contributed by atoms with van der Waals surface area (Å²) in [7, 11) is 0. The Morgan fingerprint density at radius 3 is 2.54 bits per heavy atom. The average molecular weight is 373 g/mol. The van der Waals surface area contributed by atoms with Crippen LogP contribution < -0.4 is 10.6 Å². The van der Waals surface area contributed by atoms with Crippen molar-refractivity contribution in [3.63, 3.8) is 0 Å². The number of nitrogens with one attached hydrogen (secondary N) is 2. The van der Waals surface area contributed by atoms with E-state index in [1.165, 1.54) is 5.39 Å². The number of amides is 1. The first-order chi connectivity index (χ1) is 13.6. The molecule has 2 N–H and O–H groups in total. The van der Waals surface area contributed by atoms with E-state index in [0.717, 1.165) is 40.5 Å². The number of fused-ring (bicyclic) bond motifs is 2. The second kappa shape index (κ2) is 7.72. The van der Waals surface area contributed by atoms with E-state index in [0.29, 0.717) is 13.0 Å². The van der Waals surface area contributed by atoms with Gasteiger partial charge in [0.1, 0.15) is 0 Å². The van der Waals surface area contributed by atoms with Crippen LogP contribution in [0, 0.1) is 0 Å². The van der Waals surface area contributed by atoms with Crippen LogP contribution in [0.2, 0.25) is 0 Å². The van der Waals surface area contributed by atoms with Crippen LogP contribution in [-0.4, -0.2) is 22.4 Å². The fraction of sp³-hybridized carbons (Fsp3) is 0.217. The number of aryl methyl sites for hydroxylation is 1. The van der Waals surface area contributed by atoms with E-state index in [4.69, 9.17) is 0 Å². The number of benzene rings is 3. The predicted octanol–water partition coefficient (Wildman–Crippen LogP) is 4.39. The number of carbonyl (C=O) groups excluding carboxylic acids is 1. The highest BCUT2D eigenvalue weighted by Gasteiger charge is 2.14. The van der Waals surface area contributed by atoms with Gasteiger partial charge in [-0.25, -0.2) is 4.79 Å². The third-order valence-electron chi connectivity index (χ3n) is 5.10. The molecular formula is C23H23N3O2. The van der Waals surface area contributed by atoms with E-state index in [1.54, 1.807) is 0 Å². The minimum Gasteiger partial charge on any atom is -0.313 e. The molecule has 3 aromatic carbocycles. The maximum absolute atomic E-state index is 12.8. The number of hydrogen-bond acceptors (Lipinski definition) is 2. The van der Waals surface area contributed by atoms with E-state index in [1.807, 2.05) is 48.2 Å². The summed E-state index contributed by atoms with van der Waals surface area (Å²) < 4.78 is 0. The Bertz CT molecular complexity index is 1190. The Balaban J connectivity index is 1.42. The zero-order valence-electron chi connectivity index (χ0n) is 15.9. The van der Waals surface area contributed by atoms with Crippen molar-refractivity contribution in [3.8, 4) is 0 Å². The van der Waals surface area contributed by atoms with E-state index in [-0.39, 0.29) is 11.6 Å². The Labute approximate surface area is 163 Å². The molecule has 1 heterocycles. The summed E-state index contributed by atoms with van der Waals surface area (Å²) in [6, 6.07) is 20.2. The van der Waals surface area contributed by atoms with Gasteiger partial charge in [0.2, 0.25) is 5.91 Å². The number of imidazole rings is 1. The molecule has 0 unspecified atom stereocenters. The van der Waals surface area contributed by atoms with Crippen molar-refractivity contribution in [2.45, 2.75) is 26.2 Å². The number of anilines is 1. The molecule has 0 saturated heterocycles. The smallest absolute Gasteiger partial charge is 0.313 e. The van der Waals surface area contributed by atoms with Crippen LogP contribution in [0.15, 0.2) is 65.5 Å². The zero-order chi connectivity index (χ0) is 19.5. The van der Waals surface area contributed by atoms with Crippen molar-refractivity contribution in [2.24, 2.45) is 0 Å². The Hall–Kier alpha value is -3.34. The predicted molar refractivity (Wildman–Crippen MR) is 114 cm³/mol. The lowest BCUT2D eigenvalue weighted by atomic mass is 10.1. The molecule has 0 fully saturated rings. The summed E-state index contributed by atoms with van der Waals surface area (Å²) >= 11 is 0. The first-order valence-corrected chi connectivity index (χ1v) is 9.64. The first-order valence-electron chi connectivity index (χ1n) is 9.64. The number of nitrogens with zero attached hydrogens (tertiary/aromatic N) is 1. The summed E-state index contributed by atoms with van der Waals surface area (Å²) in [5, 5.41) is 2.31. The van der Waals surface area contributed by atoms with Crippen molar-refractivity contribution in [3.05, 3.63) is 76.7 Å². The van der Waals surface area contributed by atoms with Crippen molar-refractivity contribution in [1.29, 1.82) is 0 Å². The molecular weight excluding hydrogens is 350 g/mol. The molecule has 0 aliphatic heterocycles. The third-order valence-corrected chi connectivity index (χ3v) is 5.10. The summed E-state index contributed by atoms with van der Waals surface area (Å²) in [6.45, 7) is 2.65. The molecule has 5 nitrogen and oxygen atoms in total. The number of carbonyl (C=O) groups is 1. The fourth-order valence-electron chi connectivity index (χ4n) is 3.66. The molecule has 0 atom stereocenters. The van der Waals surface area contributed by atoms with E-state index in [2.05, 4.69) is 34.2 Å². The molecule has 0 saturated carbocycles. The molecule has 142 valence electrons. The Kier molecular flexibility index (Phi) is 4.98. The number of hydrogen-bond donors (Lipinski definition) is 2. The van der Waals surface area contributed by atoms with E-state index >= 15 is 0 Å². The van der Waals surface area contributed by atoms with Gasteiger partial charge in [0.05, 0.1) is 11.0 Å². The van der Waals surface area contributed by atoms with Gasteiger partial charge in [-0.1, -0.05) is 36.4 Å². The normalized spacial score (nSPS) is 11.2. The maximum atomic E-state index is 12.8. The second-order valence-electron chi connectivity index (χ2n) is 6.98. The molecule has 0 spiro atoms. The van der Waals surface area contributed by atoms with Crippen LogP contribution >= 0.6 is 0 Å². The lowest BCUT2D eigenvalue weighted by Gasteiger charge is -2.21. The number of aromatic nitrogens is 2. The van der Waals surface area contributed by atoms with Gasteiger partial charge in [-0.05, 0) is 60.4 Å². The fourth-order valence-corrected chi connectivity index (χ4v) is 3.66. The van der Waals surface area contributed by atoms with E-state index < -0.39 is 0 Å². The molecule has 4 aromatic rings. The molecule has 28 heavy (non-hydrogen) atoms. The molecule has 0 bridgehead atoms. The van der Waals surface area contributed by atoms with Crippen LogP contribution in [0.5, 0.6) is 0 Å². The van der Waals surface area contributed by atoms with Gasteiger partial charge in [0.15, 0.2) is 0 Å². The minimum atomic E-state index is -0.198. The molecule has 0 radical (unpaired) electrons. The number of rotatable bonds is 6. The summed E-state index contributed by atoms with van der Waals surface area (Å²) in [5.74, 6) is 0.133. The monoisotopic (exact) mass is 373 g/mol. The molecule has 1 amide bonds. The van der Waals surface area contributed by atoms with Crippen LogP contribution in [0.1, 0.15) is 25.3 Å². The van der Waals surface area contributed by atoms with Crippen molar-refractivity contribution in [2.75, 3.05) is 11.4 Å². The molecule has 5 heteroatoms. The van der Waals surface area contributed by atoms with Crippen LogP contribution in [0.3, 0.4) is 0 Å². The quantitative estimate of drug-likeness (QED) is 0.526. The zero-order valence-corrected chi connectivity index (χ0v) is 15.9. The van der Waals surface area contributed by atoms with Crippen LogP contribution in [0.25, 0.3) is 21.8 Å². The summed E-state index contributed by atoms with van der Waals surface area (Å²) in [5.41, 5.74) is 3.47. The average Bonchev–Trinajstić information content (AvgIpc) is 3.08. The van der Waals surface area contributed by atoms with Gasteiger partial charge in [0, 0.05) is 18.7 Å². The number of aromatic amines is 2. The highest BCUT2D eigenvalue weighted by molar-refractivity contribution is 5.96. The molecule has 1 aromatic heterocycles. The van der Waals surface area contributed by atoms with Gasteiger partial charge in [-0.15, -0.1) is 0 Å². The van der Waals surface area contributed by atoms with Gasteiger partial charge < -0.3 is 14.9 Å². The highest BCUT2D eigenvalue weighted by atomic mass is 16.2. The standard InChI is InChI=1S/C23H23N3O2/c1-2-26(19-12-11-17-7-3-4-8-18(17)15-19)22(27)9-5-6-16-10-13-20-21(14-16)25-23(28)24-20/h3-4,7-8,10-15H,2,5-6,9H2,1H3,(H2,24,25,28). The van der Waals surface area contributed by atoms with Crippen LogP contribution in [-0.2, 0) is 11.2 Å². The molecule has 0 aliphatic carbocycles. The van der Waals surface area contributed by atoms with Gasteiger partial charge in [-0.3, -0.25) is 4.79 Å². The molecule has 4 rings (SSSR count). The maximum Gasteiger partial charge on any atom is 0.323 e. The van der Waals surface area contributed by atoms with Crippen molar-refractivity contribution < 1.29 is 4.79 Å². The number of H-pyrrole nitrogens is 2. The van der Waals surface area contributed by atoms with Crippen molar-refractivity contribution in [1.82, 2.24) is 9.97 Å². The van der Waals surface area contributed by atoms with Crippen LogP contribution in [0.4, 0.5) is 5.69 Å². The highest BCUT2D eigenvalue weighted by Crippen LogP contribution is 2.23. The first kappa shape index (κ1) is 18.0. The lowest BCUT2D eigenvalue weighted by Crippen LogP contribution is -2.30. The summed E-state index contributed by atoms with van der Waals surface area (Å²) in [4.78, 5) is 31.5.